The van der Waals surface area contributed by atoms with Crippen molar-refractivity contribution in [3.63, 3.8) is 0 Å². The van der Waals surface area contributed by atoms with Gasteiger partial charge in [0, 0.05) is 48.9 Å². The van der Waals surface area contributed by atoms with Crippen molar-refractivity contribution >= 4 is 29.1 Å². The first-order valence-electron chi connectivity index (χ1n) is 10.8. The average molecular weight is 440 g/mol. The summed E-state index contributed by atoms with van der Waals surface area (Å²) in [6.45, 7) is 1.22. The Morgan fingerprint density at radius 3 is 2.87 bits per heavy atom. The van der Waals surface area contributed by atoms with Gasteiger partial charge in [-0.2, -0.15) is 0 Å². The number of likely N-dealkylation sites (tertiary alicyclic amines) is 1. The quantitative estimate of drug-likeness (QED) is 0.796. The topological polar surface area (TPSA) is 61.9 Å². The second-order valence-electron chi connectivity index (χ2n) is 8.68. The van der Waals surface area contributed by atoms with E-state index in [9.17, 15) is 9.59 Å². The second-order valence-corrected chi connectivity index (χ2v) is 9.12. The van der Waals surface area contributed by atoms with Crippen molar-refractivity contribution < 1.29 is 14.3 Å². The third kappa shape index (κ3) is 2.96. The monoisotopic (exact) mass is 439 g/mol. The molecule has 0 aliphatic carbocycles. The Kier molecular flexibility index (Phi) is 4.94. The number of rotatable bonds is 3. The number of amides is 2. The summed E-state index contributed by atoms with van der Waals surface area (Å²) in [6, 6.07) is 11.1. The molecule has 0 saturated carbocycles. The van der Waals surface area contributed by atoms with Crippen LogP contribution in [0.4, 0.5) is 5.69 Å². The fourth-order valence-corrected chi connectivity index (χ4v) is 5.53. The number of benzene rings is 2. The number of nitrogens with zero attached hydrogens (tertiary/aromatic N) is 2. The number of anilines is 1. The van der Waals surface area contributed by atoms with Crippen LogP contribution in [0.15, 0.2) is 36.4 Å². The Balaban J connectivity index is 1.80. The summed E-state index contributed by atoms with van der Waals surface area (Å²) < 4.78 is 6.06. The SMILES string of the molecule is CN(C)C(=O)[C@@H]1CCCCN1C1(c2cccc3c2OCC3)C(=O)Nc2ccc(Cl)cc21. The lowest BCUT2D eigenvalue weighted by Crippen LogP contribution is -2.61. The lowest BCUT2D eigenvalue weighted by atomic mass is 9.78. The molecule has 0 spiro atoms. The predicted octanol–water partition coefficient (Wildman–Crippen LogP) is 3.41. The van der Waals surface area contributed by atoms with E-state index in [-0.39, 0.29) is 11.8 Å². The molecule has 2 aromatic carbocycles. The van der Waals surface area contributed by atoms with Crippen LogP contribution in [-0.4, -0.2) is 54.9 Å². The van der Waals surface area contributed by atoms with Crippen molar-refractivity contribution in [1.82, 2.24) is 9.80 Å². The van der Waals surface area contributed by atoms with Gasteiger partial charge in [-0.05, 0) is 36.6 Å². The van der Waals surface area contributed by atoms with Crippen molar-refractivity contribution in [3.05, 3.63) is 58.1 Å². The van der Waals surface area contributed by atoms with E-state index in [0.717, 1.165) is 47.4 Å². The van der Waals surface area contributed by atoms with Crippen molar-refractivity contribution in [2.45, 2.75) is 37.3 Å². The van der Waals surface area contributed by atoms with E-state index >= 15 is 0 Å². The number of piperidine rings is 1. The van der Waals surface area contributed by atoms with Gasteiger partial charge in [0.1, 0.15) is 5.75 Å². The van der Waals surface area contributed by atoms with Crippen molar-refractivity contribution in [1.29, 1.82) is 0 Å². The molecule has 1 saturated heterocycles. The molecule has 7 heteroatoms. The maximum atomic E-state index is 13.9. The zero-order chi connectivity index (χ0) is 21.8. The molecular weight excluding hydrogens is 414 g/mol. The van der Waals surface area contributed by atoms with Crippen LogP contribution in [0.2, 0.25) is 5.02 Å². The minimum Gasteiger partial charge on any atom is -0.493 e. The summed E-state index contributed by atoms with van der Waals surface area (Å²) in [4.78, 5) is 30.9. The Bertz CT molecular complexity index is 1070. The van der Waals surface area contributed by atoms with Crippen LogP contribution in [-0.2, 0) is 21.5 Å². The highest BCUT2D eigenvalue weighted by Gasteiger charge is 2.57. The van der Waals surface area contributed by atoms with Crippen LogP contribution >= 0.6 is 11.6 Å². The summed E-state index contributed by atoms with van der Waals surface area (Å²) in [5.41, 5.74) is 2.22. The molecule has 3 aliphatic heterocycles. The smallest absolute Gasteiger partial charge is 0.254 e. The minimum absolute atomic E-state index is 0.0100. The highest BCUT2D eigenvalue weighted by atomic mass is 35.5. The standard InChI is InChI=1S/C24H26ClN3O3/c1-27(2)22(29)20-8-3-4-12-28(20)24(17-7-5-6-15-11-13-31-21(15)17)18-14-16(25)9-10-19(18)26-23(24)30/h5-7,9-10,14,20H,3-4,8,11-13H2,1-2H3,(H,26,30)/t20-,24?/m0/s1. The van der Waals surface area contributed by atoms with Gasteiger partial charge < -0.3 is 15.0 Å². The highest BCUT2D eigenvalue weighted by molar-refractivity contribution is 6.31. The fraction of sp³-hybridized carbons (Fsp3) is 0.417. The molecule has 5 rings (SSSR count). The molecular formula is C24H26ClN3O3. The number of nitrogens with one attached hydrogen (secondary N) is 1. The van der Waals surface area contributed by atoms with Crippen LogP contribution < -0.4 is 10.1 Å². The van der Waals surface area contributed by atoms with E-state index in [1.165, 1.54) is 0 Å². The van der Waals surface area contributed by atoms with Crippen molar-refractivity contribution in [3.8, 4) is 5.75 Å². The molecule has 162 valence electrons. The molecule has 2 atom stereocenters. The summed E-state index contributed by atoms with van der Waals surface area (Å²) in [6.07, 6.45) is 3.38. The number of hydrogen-bond donors (Lipinski definition) is 1. The van der Waals surface area contributed by atoms with Crippen LogP contribution in [0.25, 0.3) is 0 Å². The van der Waals surface area contributed by atoms with Crippen LogP contribution in [0, 0.1) is 0 Å². The lowest BCUT2D eigenvalue weighted by molar-refractivity contribution is -0.142. The molecule has 0 radical (unpaired) electrons. The Labute approximate surface area is 187 Å². The van der Waals surface area contributed by atoms with E-state index in [1.807, 2.05) is 30.3 Å². The van der Waals surface area contributed by atoms with Gasteiger partial charge in [0.25, 0.3) is 5.91 Å². The third-order valence-electron chi connectivity index (χ3n) is 6.71. The van der Waals surface area contributed by atoms with Gasteiger partial charge in [-0.25, -0.2) is 0 Å². The maximum absolute atomic E-state index is 13.9. The number of carbonyl (C=O) groups excluding carboxylic acids is 2. The highest BCUT2D eigenvalue weighted by Crippen LogP contribution is 2.52. The first-order valence-corrected chi connectivity index (χ1v) is 11.2. The molecule has 3 heterocycles. The number of ether oxygens (including phenoxy) is 1. The predicted molar refractivity (Wildman–Crippen MR) is 120 cm³/mol. The number of hydrogen-bond acceptors (Lipinski definition) is 4. The van der Waals surface area contributed by atoms with Gasteiger partial charge in [0.05, 0.1) is 12.6 Å². The van der Waals surface area contributed by atoms with E-state index in [4.69, 9.17) is 16.3 Å². The molecule has 0 aromatic heterocycles. The van der Waals surface area contributed by atoms with E-state index in [0.29, 0.717) is 24.6 Å². The summed E-state index contributed by atoms with van der Waals surface area (Å²) >= 11 is 6.43. The van der Waals surface area contributed by atoms with E-state index in [2.05, 4.69) is 10.2 Å². The number of halogens is 1. The Hall–Kier alpha value is -2.57. The van der Waals surface area contributed by atoms with Gasteiger partial charge >= 0.3 is 0 Å². The zero-order valence-corrected chi connectivity index (χ0v) is 18.5. The summed E-state index contributed by atoms with van der Waals surface area (Å²) in [5, 5.41) is 3.63. The first kappa shape index (κ1) is 20.3. The number of carbonyl (C=O) groups is 2. The van der Waals surface area contributed by atoms with Gasteiger partial charge in [0.15, 0.2) is 5.54 Å². The molecule has 2 amide bonds. The molecule has 3 aliphatic rings. The lowest BCUT2D eigenvalue weighted by Gasteiger charge is -2.47. The normalized spacial score (nSPS) is 24.9. The molecule has 6 nitrogen and oxygen atoms in total. The van der Waals surface area contributed by atoms with Gasteiger partial charge in [-0.1, -0.05) is 36.2 Å². The van der Waals surface area contributed by atoms with Gasteiger partial charge in [0.2, 0.25) is 5.91 Å². The minimum atomic E-state index is -1.17. The average Bonchev–Trinajstić information content (AvgIpc) is 3.35. The summed E-state index contributed by atoms with van der Waals surface area (Å²) in [7, 11) is 3.54. The molecule has 1 N–H and O–H groups in total. The number of likely N-dealkylation sites (N-methyl/N-ethyl adjacent to an activating group) is 1. The zero-order valence-electron chi connectivity index (χ0n) is 17.8. The van der Waals surface area contributed by atoms with Crippen LogP contribution in [0.3, 0.4) is 0 Å². The first-order chi connectivity index (χ1) is 14.9. The second kappa shape index (κ2) is 7.53. The van der Waals surface area contributed by atoms with Crippen LogP contribution in [0.5, 0.6) is 5.75 Å². The van der Waals surface area contributed by atoms with E-state index < -0.39 is 11.6 Å². The van der Waals surface area contributed by atoms with E-state index in [1.54, 1.807) is 25.1 Å². The van der Waals surface area contributed by atoms with Gasteiger partial charge in [-0.3, -0.25) is 14.5 Å². The van der Waals surface area contributed by atoms with Crippen LogP contribution in [0.1, 0.15) is 36.0 Å². The molecule has 1 unspecified atom stereocenters. The Morgan fingerprint density at radius 2 is 2.06 bits per heavy atom. The van der Waals surface area contributed by atoms with Crippen molar-refractivity contribution in [2.24, 2.45) is 0 Å². The maximum Gasteiger partial charge on any atom is 0.254 e. The van der Waals surface area contributed by atoms with Gasteiger partial charge in [-0.15, -0.1) is 0 Å². The molecule has 31 heavy (non-hydrogen) atoms. The molecule has 0 bridgehead atoms. The largest absolute Gasteiger partial charge is 0.493 e. The summed E-state index contributed by atoms with van der Waals surface area (Å²) in [5.74, 6) is 0.607. The molecule has 1 fully saturated rings. The van der Waals surface area contributed by atoms with Crippen molar-refractivity contribution in [2.75, 3.05) is 32.6 Å². The molecule has 2 aromatic rings. The Morgan fingerprint density at radius 1 is 1.23 bits per heavy atom. The number of para-hydroxylation sites is 1. The number of fused-ring (bicyclic) bond motifs is 2. The fourth-order valence-electron chi connectivity index (χ4n) is 5.36. The third-order valence-corrected chi connectivity index (χ3v) is 6.95.